The first kappa shape index (κ1) is 16.1. The minimum Gasteiger partial charge on any atom is -0.496 e. The van der Waals surface area contributed by atoms with E-state index in [-0.39, 0.29) is 11.8 Å². The van der Waals surface area contributed by atoms with Crippen LogP contribution in [0.3, 0.4) is 0 Å². The number of methoxy groups -OCH3 is 2. The molecule has 1 saturated heterocycles. The summed E-state index contributed by atoms with van der Waals surface area (Å²) in [5, 5.41) is 2.73. The molecule has 1 aromatic rings. The highest BCUT2D eigenvalue weighted by molar-refractivity contribution is 6.01. The van der Waals surface area contributed by atoms with Gasteiger partial charge in [-0.15, -0.1) is 0 Å². The van der Waals surface area contributed by atoms with Gasteiger partial charge in [0.15, 0.2) is 0 Å². The molecule has 0 radical (unpaired) electrons. The fourth-order valence-corrected chi connectivity index (χ4v) is 2.62. The summed E-state index contributed by atoms with van der Waals surface area (Å²) in [4.78, 5) is 26.5. The van der Waals surface area contributed by atoms with Gasteiger partial charge in [-0.05, 0) is 31.9 Å². The van der Waals surface area contributed by atoms with Crippen LogP contribution >= 0.6 is 0 Å². The van der Waals surface area contributed by atoms with Crippen LogP contribution in [0.15, 0.2) is 18.2 Å². The number of carbonyl (C=O) groups is 2. The molecule has 2 rings (SSSR count). The standard InChI is InChI=1S/C16H22N2O4/c1-11(16(20)18-9-4-5-10-18)17-15(19)14-12(21-2)7-6-8-13(14)22-3/h6-8,11H,4-5,9-10H2,1-3H3,(H,17,19)/t11-/m1/s1. The molecule has 0 saturated carbocycles. The summed E-state index contributed by atoms with van der Waals surface area (Å²) in [6, 6.07) is 4.53. The number of nitrogens with one attached hydrogen (secondary N) is 1. The van der Waals surface area contributed by atoms with Gasteiger partial charge < -0.3 is 19.7 Å². The second kappa shape index (κ2) is 7.15. The summed E-state index contributed by atoms with van der Waals surface area (Å²) in [7, 11) is 2.98. The van der Waals surface area contributed by atoms with E-state index < -0.39 is 6.04 Å². The molecule has 1 heterocycles. The van der Waals surface area contributed by atoms with Crippen molar-refractivity contribution in [2.24, 2.45) is 0 Å². The normalized spacial score (nSPS) is 15.3. The predicted octanol–water partition coefficient (Wildman–Crippen LogP) is 1.44. The SMILES string of the molecule is COc1cccc(OC)c1C(=O)N[C@H](C)C(=O)N1CCCC1. The van der Waals surface area contributed by atoms with Crippen molar-refractivity contribution in [2.75, 3.05) is 27.3 Å². The minimum atomic E-state index is -0.583. The van der Waals surface area contributed by atoms with Gasteiger partial charge in [-0.25, -0.2) is 0 Å². The van der Waals surface area contributed by atoms with Crippen LogP contribution < -0.4 is 14.8 Å². The number of likely N-dealkylation sites (tertiary alicyclic amines) is 1. The molecule has 0 aliphatic carbocycles. The van der Waals surface area contributed by atoms with E-state index in [1.807, 2.05) is 0 Å². The number of nitrogens with zero attached hydrogens (tertiary/aromatic N) is 1. The molecule has 0 unspecified atom stereocenters. The van der Waals surface area contributed by atoms with Crippen molar-refractivity contribution < 1.29 is 19.1 Å². The van der Waals surface area contributed by atoms with Crippen molar-refractivity contribution in [1.29, 1.82) is 0 Å². The first-order valence-electron chi connectivity index (χ1n) is 7.39. The zero-order valence-electron chi connectivity index (χ0n) is 13.2. The molecule has 1 atom stereocenters. The number of benzene rings is 1. The molecule has 22 heavy (non-hydrogen) atoms. The Morgan fingerprint density at radius 3 is 2.18 bits per heavy atom. The van der Waals surface area contributed by atoms with Gasteiger partial charge in [0.25, 0.3) is 5.91 Å². The van der Waals surface area contributed by atoms with E-state index in [4.69, 9.17) is 9.47 Å². The fourth-order valence-electron chi connectivity index (χ4n) is 2.62. The Bertz CT molecular complexity index is 531. The first-order valence-corrected chi connectivity index (χ1v) is 7.39. The molecular weight excluding hydrogens is 284 g/mol. The Kier molecular flexibility index (Phi) is 5.25. The maximum absolute atomic E-state index is 12.5. The van der Waals surface area contributed by atoms with Crippen molar-refractivity contribution in [3.05, 3.63) is 23.8 Å². The minimum absolute atomic E-state index is 0.0558. The summed E-state index contributed by atoms with van der Waals surface area (Å²) in [6.45, 7) is 3.22. The van der Waals surface area contributed by atoms with Gasteiger partial charge in [0.2, 0.25) is 5.91 Å². The highest BCUT2D eigenvalue weighted by atomic mass is 16.5. The summed E-state index contributed by atoms with van der Waals surface area (Å²) in [5.41, 5.74) is 0.300. The third-order valence-corrected chi connectivity index (χ3v) is 3.79. The van der Waals surface area contributed by atoms with E-state index >= 15 is 0 Å². The molecule has 0 aromatic heterocycles. The average molecular weight is 306 g/mol. The van der Waals surface area contributed by atoms with Gasteiger partial charge in [0.05, 0.1) is 14.2 Å². The molecule has 0 bridgehead atoms. The molecular formula is C16H22N2O4. The van der Waals surface area contributed by atoms with E-state index in [0.29, 0.717) is 17.1 Å². The van der Waals surface area contributed by atoms with E-state index in [1.165, 1.54) is 14.2 Å². The van der Waals surface area contributed by atoms with Crippen LogP contribution in [0.5, 0.6) is 11.5 Å². The van der Waals surface area contributed by atoms with Gasteiger partial charge in [-0.1, -0.05) is 6.07 Å². The molecule has 1 aliphatic heterocycles. The smallest absolute Gasteiger partial charge is 0.259 e. The summed E-state index contributed by atoms with van der Waals surface area (Å²) in [6.07, 6.45) is 2.04. The van der Waals surface area contributed by atoms with Gasteiger partial charge in [-0.2, -0.15) is 0 Å². The van der Waals surface area contributed by atoms with E-state index in [2.05, 4.69) is 5.32 Å². The Balaban J connectivity index is 2.13. The second-order valence-electron chi connectivity index (χ2n) is 5.27. The molecule has 6 nitrogen and oxygen atoms in total. The quantitative estimate of drug-likeness (QED) is 0.894. The van der Waals surface area contributed by atoms with Crippen molar-refractivity contribution in [3.63, 3.8) is 0 Å². The van der Waals surface area contributed by atoms with Crippen molar-refractivity contribution in [2.45, 2.75) is 25.8 Å². The third kappa shape index (κ3) is 3.32. The fraction of sp³-hybridized carbons (Fsp3) is 0.500. The number of amides is 2. The summed E-state index contributed by atoms with van der Waals surface area (Å²) in [5.74, 6) is 0.393. The summed E-state index contributed by atoms with van der Waals surface area (Å²) >= 11 is 0. The number of hydrogen-bond donors (Lipinski definition) is 1. The van der Waals surface area contributed by atoms with Crippen LogP contribution in [0.4, 0.5) is 0 Å². The molecule has 1 aliphatic rings. The molecule has 6 heteroatoms. The predicted molar refractivity (Wildman–Crippen MR) is 82.3 cm³/mol. The Labute approximate surface area is 130 Å². The summed E-state index contributed by atoms with van der Waals surface area (Å²) < 4.78 is 10.4. The van der Waals surface area contributed by atoms with Crippen LogP contribution in [0.2, 0.25) is 0 Å². The lowest BCUT2D eigenvalue weighted by Gasteiger charge is -2.22. The zero-order valence-corrected chi connectivity index (χ0v) is 13.2. The van der Waals surface area contributed by atoms with E-state index in [9.17, 15) is 9.59 Å². The zero-order chi connectivity index (χ0) is 16.1. The molecule has 2 amide bonds. The van der Waals surface area contributed by atoms with Gasteiger partial charge in [-0.3, -0.25) is 9.59 Å². The van der Waals surface area contributed by atoms with Crippen LogP contribution in [-0.4, -0.2) is 50.1 Å². The van der Waals surface area contributed by atoms with Crippen LogP contribution in [0.1, 0.15) is 30.1 Å². The average Bonchev–Trinajstić information content (AvgIpc) is 3.07. The Morgan fingerprint density at radius 2 is 1.68 bits per heavy atom. The lowest BCUT2D eigenvalue weighted by molar-refractivity contribution is -0.131. The van der Waals surface area contributed by atoms with Crippen LogP contribution in [0, 0.1) is 0 Å². The van der Waals surface area contributed by atoms with Crippen LogP contribution in [-0.2, 0) is 4.79 Å². The Morgan fingerprint density at radius 1 is 1.14 bits per heavy atom. The van der Waals surface area contributed by atoms with Gasteiger partial charge in [0, 0.05) is 13.1 Å². The largest absolute Gasteiger partial charge is 0.496 e. The van der Waals surface area contributed by atoms with Gasteiger partial charge >= 0.3 is 0 Å². The molecule has 120 valence electrons. The van der Waals surface area contributed by atoms with Crippen molar-refractivity contribution in [3.8, 4) is 11.5 Å². The van der Waals surface area contributed by atoms with Crippen molar-refractivity contribution in [1.82, 2.24) is 10.2 Å². The van der Waals surface area contributed by atoms with Crippen LogP contribution in [0.25, 0.3) is 0 Å². The topological polar surface area (TPSA) is 67.9 Å². The number of rotatable bonds is 5. The molecule has 1 N–H and O–H groups in total. The Hall–Kier alpha value is -2.24. The molecule has 0 spiro atoms. The van der Waals surface area contributed by atoms with Crippen molar-refractivity contribution >= 4 is 11.8 Å². The number of ether oxygens (including phenoxy) is 2. The first-order chi connectivity index (χ1) is 10.6. The molecule has 1 aromatic carbocycles. The maximum atomic E-state index is 12.5. The maximum Gasteiger partial charge on any atom is 0.259 e. The highest BCUT2D eigenvalue weighted by Crippen LogP contribution is 2.28. The molecule has 1 fully saturated rings. The third-order valence-electron chi connectivity index (χ3n) is 3.79. The van der Waals surface area contributed by atoms with Gasteiger partial charge in [0.1, 0.15) is 23.1 Å². The lowest BCUT2D eigenvalue weighted by atomic mass is 10.1. The lowest BCUT2D eigenvalue weighted by Crippen LogP contribution is -2.46. The van der Waals surface area contributed by atoms with E-state index in [0.717, 1.165) is 25.9 Å². The highest BCUT2D eigenvalue weighted by Gasteiger charge is 2.26. The second-order valence-corrected chi connectivity index (χ2v) is 5.27. The monoisotopic (exact) mass is 306 g/mol. The van der Waals surface area contributed by atoms with E-state index in [1.54, 1.807) is 30.0 Å². The number of hydrogen-bond acceptors (Lipinski definition) is 4. The number of carbonyl (C=O) groups excluding carboxylic acids is 2.